The summed E-state index contributed by atoms with van der Waals surface area (Å²) in [5.74, 6) is 0.154. The molecule has 0 aliphatic rings. The molecule has 4 heteroatoms. The van der Waals surface area contributed by atoms with Crippen LogP contribution in [-0.4, -0.2) is 5.78 Å². The smallest absolute Gasteiger partial charge is 0.159 e. The standard InChI is InChI=1S/C15H12ClFOS/c1-10(18)11-4-2-5-12(8-11)19-9-13-14(16)6-3-7-15(13)17/h2-8H,9H2,1H3. The average molecular weight is 295 g/mol. The lowest BCUT2D eigenvalue weighted by Gasteiger charge is -2.06. The van der Waals surface area contributed by atoms with Gasteiger partial charge in [-0.25, -0.2) is 4.39 Å². The summed E-state index contributed by atoms with van der Waals surface area (Å²) in [6.07, 6.45) is 0. The molecule has 0 atom stereocenters. The Labute approximate surface area is 120 Å². The van der Waals surface area contributed by atoms with Crippen LogP contribution in [0.4, 0.5) is 4.39 Å². The van der Waals surface area contributed by atoms with Crippen molar-refractivity contribution in [2.75, 3.05) is 0 Å². The van der Waals surface area contributed by atoms with Gasteiger partial charge in [0.15, 0.2) is 5.78 Å². The normalized spacial score (nSPS) is 10.5. The molecular formula is C15H12ClFOS. The van der Waals surface area contributed by atoms with Gasteiger partial charge in [0.1, 0.15) is 5.82 Å². The summed E-state index contributed by atoms with van der Waals surface area (Å²) in [5, 5.41) is 0.426. The van der Waals surface area contributed by atoms with E-state index in [1.54, 1.807) is 18.2 Å². The largest absolute Gasteiger partial charge is 0.295 e. The van der Waals surface area contributed by atoms with Gasteiger partial charge < -0.3 is 0 Å². The van der Waals surface area contributed by atoms with E-state index in [0.29, 0.717) is 21.9 Å². The summed E-state index contributed by atoms with van der Waals surface area (Å²) in [6, 6.07) is 11.9. The zero-order valence-corrected chi connectivity index (χ0v) is 11.9. The van der Waals surface area contributed by atoms with Crippen molar-refractivity contribution in [3.63, 3.8) is 0 Å². The molecule has 0 spiro atoms. The highest BCUT2D eigenvalue weighted by molar-refractivity contribution is 7.98. The van der Waals surface area contributed by atoms with Crippen LogP contribution in [0, 0.1) is 5.82 Å². The zero-order valence-electron chi connectivity index (χ0n) is 10.3. The summed E-state index contributed by atoms with van der Waals surface area (Å²) < 4.78 is 13.6. The minimum Gasteiger partial charge on any atom is -0.295 e. The van der Waals surface area contributed by atoms with Crippen LogP contribution in [0.2, 0.25) is 5.02 Å². The Bertz CT molecular complexity index is 593. The molecule has 0 N–H and O–H groups in total. The molecule has 2 rings (SSSR count). The van der Waals surface area contributed by atoms with Crippen LogP contribution in [0.3, 0.4) is 0 Å². The first-order valence-corrected chi connectivity index (χ1v) is 7.11. The Morgan fingerprint density at radius 1 is 1.26 bits per heavy atom. The van der Waals surface area contributed by atoms with Crippen LogP contribution in [0.15, 0.2) is 47.4 Å². The lowest BCUT2D eigenvalue weighted by molar-refractivity contribution is 0.101. The maximum absolute atomic E-state index is 13.6. The van der Waals surface area contributed by atoms with Crippen molar-refractivity contribution in [3.8, 4) is 0 Å². The quantitative estimate of drug-likeness (QED) is 0.585. The minimum atomic E-state index is -0.303. The van der Waals surface area contributed by atoms with E-state index in [0.717, 1.165) is 4.90 Å². The molecule has 2 aromatic rings. The molecule has 1 nitrogen and oxygen atoms in total. The molecular weight excluding hydrogens is 283 g/mol. The summed E-state index contributed by atoms with van der Waals surface area (Å²) in [5.41, 5.74) is 1.15. The molecule has 0 unspecified atom stereocenters. The van der Waals surface area contributed by atoms with Crippen molar-refractivity contribution in [2.45, 2.75) is 17.6 Å². The topological polar surface area (TPSA) is 17.1 Å². The second-order valence-corrected chi connectivity index (χ2v) is 5.53. The third-order valence-corrected chi connectivity index (χ3v) is 4.06. The Kier molecular flexibility index (Phi) is 4.61. The molecule has 0 amide bonds. The van der Waals surface area contributed by atoms with Crippen LogP contribution >= 0.6 is 23.4 Å². The van der Waals surface area contributed by atoms with Gasteiger partial charge in [0.25, 0.3) is 0 Å². The number of Topliss-reactive ketones (excluding diaryl/α,β-unsaturated/α-hetero) is 1. The van der Waals surface area contributed by atoms with Crippen molar-refractivity contribution in [2.24, 2.45) is 0 Å². The Balaban J connectivity index is 2.15. The monoisotopic (exact) mass is 294 g/mol. The maximum atomic E-state index is 13.6. The molecule has 0 saturated heterocycles. The van der Waals surface area contributed by atoms with E-state index in [2.05, 4.69) is 0 Å². The van der Waals surface area contributed by atoms with Gasteiger partial charge in [-0.1, -0.05) is 29.8 Å². The van der Waals surface area contributed by atoms with Crippen LogP contribution in [0.25, 0.3) is 0 Å². The van der Waals surface area contributed by atoms with Gasteiger partial charge in [-0.2, -0.15) is 0 Å². The van der Waals surface area contributed by atoms with Crippen LogP contribution in [0.1, 0.15) is 22.8 Å². The summed E-state index contributed by atoms with van der Waals surface area (Å²) >= 11 is 7.43. The molecule has 19 heavy (non-hydrogen) atoms. The van der Waals surface area contributed by atoms with E-state index < -0.39 is 0 Å². The van der Waals surface area contributed by atoms with Crippen molar-refractivity contribution in [3.05, 3.63) is 64.4 Å². The minimum absolute atomic E-state index is 0.0198. The highest BCUT2D eigenvalue weighted by Crippen LogP contribution is 2.28. The molecule has 98 valence electrons. The van der Waals surface area contributed by atoms with Gasteiger partial charge in [-0.05, 0) is 31.2 Å². The number of hydrogen-bond acceptors (Lipinski definition) is 2. The fourth-order valence-electron chi connectivity index (χ4n) is 1.63. The van der Waals surface area contributed by atoms with E-state index in [4.69, 9.17) is 11.6 Å². The van der Waals surface area contributed by atoms with E-state index in [1.165, 1.54) is 24.8 Å². The van der Waals surface area contributed by atoms with Gasteiger partial charge in [0.2, 0.25) is 0 Å². The number of carbonyl (C=O) groups excluding carboxylic acids is 1. The fourth-order valence-corrected chi connectivity index (χ4v) is 2.93. The summed E-state index contributed by atoms with van der Waals surface area (Å²) in [6.45, 7) is 1.53. The number of halogens is 2. The van der Waals surface area contributed by atoms with Crippen LogP contribution in [-0.2, 0) is 5.75 Å². The number of thioether (sulfide) groups is 1. The average Bonchev–Trinajstić information content (AvgIpc) is 2.38. The summed E-state index contributed by atoms with van der Waals surface area (Å²) in [7, 11) is 0. The third-order valence-electron chi connectivity index (χ3n) is 2.69. The van der Waals surface area contributed by atoms with Crippen molar-refractivity contribution < 1.29 is 9.18 Å². The van der Waals surface area contributed by atoms with Gasteiger partial charge in [-0.3, -0.25) is 4.79 Å². The van der Waals surface area contributed by atoms with Crippen molar-refractivity contribution in [1.82, 2.24) is 0 Å². The van der Waals surface area contributed by atoms with Crippen molar-refractivity contribution in [1.29, 1.82) is 0 Å². The van der Waals surface area contributed by atoms with Gasteiger partial charge in [0.05, 0.1) is 0 Å². The molecule has 0 aliphatic heterocycles. The lowest BCUT2D eigenvalue weighted by Crippen LogP contribution is -1.92. The number of rotatable bonds is 4. The molecule has 0 aliphatic carbocycles. The van der Waals surface area contributed by atoms with Gasteiger partial charge in [0, 0.05) is 26.8 Å². The first-order valence-electron chi connectivity index (χ1n) is 5.74. The second kappa shape index (κ2) is 6.22. The Morgan fingerprint density at radius 2 is 2.00 bits per heavy atom. The third kappa shape index (κ3) is 3.58. The Hall–Kier alpha value is -1.32. The number of carbonyl (C=O) groups is 1. The molecule has 0 saturated carbocycles. The SMILES string of the molecule is CC(=O)c1cccc(SCc2c(F)cccc2Cl)c1. The molecule has 0 fully saturated rings. The molecule has 0 aromatic heterocycles. The highest BCUT2D eigenvalue weighted by atomic mass is 35.5. The number of benzene rings is 2. The Morgan fingerprint density at radius 3 is 2.68 bits per heavy atom. The maximum Gasteiger partial charge on any atom is 0.159 e. The van der Waals surface area contributed by atoms with E-state index in [1.807, 2.05) is 18.2 Å². The number of hydrogen-bond donors (Lipinski definition) is 0. The summed E-state index contributed by atoms with van der Waals surface area (Å²) in [4.78, 5) is 12.2. The zero-order chi connectivity index (χ0) is 13.8. The van der Waals surface area contributed by atoms with E-state index in [-0.39, 0.29) is 11.6 Å². The van der Waals surface area contributed by atoms with Crippen molar-refractivity contribution >= 4 is 29.1 Å². The lowest BCUT2D eigenvalue weighted by atomic mass is 10.2. The van der Waals surface area contributed by atoms with E-state index in [9.17, 15) is 9.18 Å². The molecule has 0 radical (unpaired) electrons. The fraction of sp³-hybridized carbons (Fsp3) is 0.133. The van der Waals surface area contributed by atoms with E-state index >= 15 is 0 Å². The van der Waals surface area contributed by atoms with Gasteiger partial charge in [-0.15, -0.1) is 11.8 Å². The number of ketones is 1. The van der Waals surface area contributed by atoms with Gasteiger partial charge >= 0.3 is 0 Å². The second-order valence-electron chi connectivity index (χ2n) is 4.07. The first-order chi connectivity index (χ1) is 9.08. The molecule has 0 heterocycles. The van der Waals surface area contributed by atoms with Crippen LogP contribution < -0.4 is 0 Å². The predicted octanol–water partition coefficient (Wildman–Crippen LogP) is 4.97. The highest BCUT2D eigenvalue weighted by Gasteiger charge is 2.08. The van der Waals surface area contributed by atoms with Crippen LogP contribution in [0.5, 0.6) is 0 Å². The first kappa shape index (κ1) is 14.1. The molecule has 2 aromatic carbocycles. The molecule has 0 bridgehead atoms. The predicted molar refractivity (Wildman–Crippen MR) is 77.4 cm³/mol.